The van der Waals surface area contributed by atoms with Crippen molar-refractivity contribution in [2.45, 2.75) is 0 Å². The lowest BCUT2D eigenvalue weighted by Gasteiger charge is -2.20. The number of rotatable bonds is 5. The minimum Gasteiger partial charge on any atom is -0.455 e. The molecule has 0 aliphatic carbocycles. The lowest BCUT2D eigenvalue weighted by molar-refractivity contribution is 0.669. The number of benzene rings is 6. The number of furan rings is 1. The summed E-state index contributed by atoms with van der Waals surface area (Å²) >= 11 is 0. The van der Waals surface area contributed by atoms with Crippen molar-refractivity contribution in [2.75, 3.05) is 0 Å². The normalized spacial score (nSPS) is 11.3. The Morgan fingerprint density at radius 2 is 0.938 bits per heavy atom. The Labute approximate surface area is 284 Å². The van der Waals surface area contributed by atoms with Crippen LogP contribution in [0, 0.1) is 0 Å². The van der Waals surface area contributed by atoms with Crippen LogP contribution in [-0.2, 0) is 0 Å². The van der Waals surface area contributed by atoms with Crippen LogP contribution in [0.15, 0.2) is 126 Å². The quantitative estimate of drug-likeness (QED) is 0.277. The average Bonchev–Trinajstić information content (AvgIpc) is 3.53. The maximum atomic E-state index is 6.63. The van der Waals surface area contributed by atoms with Gasteiger partial charge in [0, 0.05) is 21.9 Å². The molecule has 0 saturated carbocycles. The highest BCUT2D eigenvalue weighted by atomic mass is 16.3. The fourth-order valence-electron chi connectivity index (χ4n) is 6.97. The summed E-state index contributed by atoms with van der Waals surface area (Å²) in [5, 5.41) is 2.11. The van der Waals surface area contributed by atoms with Gasteiger partial charge in [0.2, 0.25) is 0 Å². The molecule has 6 aromatic carbocycles. The molecular formula is C39H30B5N3O. The van der Waals surface area contributed by atoms with Gasteiger partial charge in [-0.1, -0.05) is 114 Å². The Morgan fingerprint density at radius 1 is 0.417 bits per heavy atom. The molecule has 48 heavy (non-hydrogen) atoms. The van der Waals surface area contributed by atoms with Crippen LogP contribution in [0.5, 0.6) is 0 Å². The highest BCUT2D eigenvalue weighted by molar-refractivity contribution is 6.68. The van der Waals surface area contributed by atoms with E-state index in [-0.39, 0.29) is 0 Å². The monoisotopic (exact) mass is 611 g/mol. The molecule has 4 nitrogen and oxygen atoms in total. The first-order chi connectivity index (χ1) is 23.4. The summed E-state index contributed by atoms with van der Waals surface area (Å²) in [7, 11) is 11.1. The zero-order valence-corrected chi connectivity index (χ0v) is 27.8. The van der Waals surface area contributed by atoms with Crippen molar-refractivity contribution in [1.29, 1.82) is 0 Å². The zero-order valence-electron chi connectivity index (χ0n) is 27.8. The zero-order chi connectivity index (χ0) is 32.9. The molecule has 0 aliphatic rings. The first kappa shape index (κ1) is 29.8. The van der Waals surface area contributed by atoms with Gasteiger partial charge in [0.15, 0.2) is 17.5 Å². The molecule has 0 aliphatic heterocycles. The molecule has 0 unspecified atom stereocenters. The predicted octanol–water partition coefficient (Wildman–Crippen LogP) is 1.40. The highest BCUT2D eigenvalue weighted by Crippen LogP contribution is 2.40. The van der Waals surface area contributed by atoms with E-state index >= 15 is 0 Å². The van der Waals surface area contributed by atoms with Crippen molar-refractivity contribution in [3.63, 3.8) is 0 Å². The van der Waals surface area contributed by atoms with Gasteiger partial charge in [-0.05, 0) is 40.5 Å². The number of nitrogens with zero attached hydrogens (tertiary/aromatic N) is 3. The molecule has 0 bridgehead atoms. The minimum absolute atomic E-state index is 0.574. The number of para-hydroxylation sites is 1. The van der Waals surface area contributed by atoms with Crippen molar-refractivity contribution >= 4 is 88.5 Å². The second-order valence-electron chi connectivity index (χ2n) is 12.6. The molecule has 0 atom stereocenters. The van der Waals surface area contributed by atoms with E-state index in [4.69, 9.17) is 19.4 Å². The van der Waals surface area contributed by atoms with Crippen LogP contribution in [0.3, 0.4) is 0 Å². The van der Waals surface area contributed by atoms with E-state index in [0.717, 1.165) is 55.3 Å². The highest BCUT2D eigenvalue weighted by Gasteiger charge is 2.20. The van der Waals surface area contributed by atoms with Gasteiger partial charge in [0.05, 0.1) is 5.56 Å². The van der Waals surface area contributed by atoms with Crippen molar-refractivity contribution < 1.29 is 4.42 Å². The molecule has 222 valence electrons. The summed E-state index contributed by atoms with van der Waals surface area (Å²) in [5.41, 5.74) is 15.6. The number of hydrogen-bond acceptors (Lipinski definition) is 4. The van der Waals surface area contributed by atoms with Crippen molar-refractivity contribution in [2.24, 2.45) is 0 Å². The van der Waals surface area contributed by atoms with E-state index in [2.05, 4.69) is 112 Å². The van der Waals surface area contributed by atoms with Crippen molar-refractivity contribution in [1.82, 2.24) is 15.0 Å². The van der Waals surface area contributed by atoms with Gasteiger partial charge in [0.25, 0.3) is 0 Å². The topological polar surface area (TPSA) is 51.8 Å². The van der Waals surface area contributed by atoms with Crippen molar-refractivity contribution in [3.8, 4) is 56.4 Å². The second kappa shape index (κ2) is 11.9. The Morgan fingerprint density at radius 3 is 1.65 bits per heavy atom. The Bertz CT molecular complexity index is 2490. The van der Waals surface area contributed by atoms with Crippen LogP contribution < -0.4 is 27.3 Å². The molecule has 0 radical (unpaired) electrons. The molecule has 8 rings (SSSR count). The third-order valence-electron chi connectivity index (χ3n) is 9.93. The van der Waals surface area contributed by atoms with Crippen LogP contribution in [-0.4, -0.2) is 54.2 Å². The van der Waals surface area contributed by atoms with Gasteiger partial charge in [-0.3, -0.25) is 0 Å². The molecule has 2 heterocycles. The van der Waals surface area contributed by atoms with Crippen molar-refractivity contribution in [3.05, 3.63) is 121 Å². The Hall–Kier alpha value is -5.55. The standard InChI is InChI=1S/C39H30B5N3O/c40-31-29(32(41)34(43)35(44)33(31)42)23-14-7-15-24(20-23)38-45-37(22-12-5-2-6-13-22)46-39(47-38)27-18-8-17-26-30-25(21-10-3-1-4-11-21)16-9-19-28(30)48-36(26)27/h1-20H,40-44H2. The molecular weight excluding hydrogens is 581 g/mol. The molecule has 0 amide bonds. The minimum atomic E-state index is 0.574. The lowest BCUT2D eigenvalue weighted by Crippen LogP contribution is -2.55. The summed E-state index contributed by atoms with van der Waals surface area (Å²) in [5.74, 6) is 1.81. The van der Waals surface area contributed by atoms with Gasteiger partial charge in [0.1, 0.15) is 50.4 Å². The van der Waals surface area contributed by atoms with Crippen LogP contribution >= 0.6 is 0 Å². The van der Waals surface area contributed by atoms with Crippen LogP contribution in [0.1, 0.15) is 0 Å². The summed E-state index contributed by atoms with van der Waals surface area (Å²) in [6.45, 7) is 0. The largest absolute Gasteiger partial charge is 0.455 e. The van der Waals surface area contributed by atoms with E-state index < -0.39 is 0 Å². The van der Waals surface area contributed by atoms with Gasteiger partial charge in [-0.15, -0.1) is 16.4 Å². The second-order valence-corrected chi connectivity index (χ2v) is 12.6. The Kier molecular flexibility index (Phi) is 7.41. The molecule has 8 aromatic rings. The van der Waals surface area contributed by atoms with E-state index in [9.17, 15) is 0 Å². The van der Waals surface area contributed by atoms with E-state index in [1.165, 1.54) is 32.9 Å². The van der Waals surface area contributed by atoms with Crippen LogP contribution in [0.4, 0.5) is 0 Å². The average molecular weight is 611 g/mol. The fourth-order valence-corrected chi connectivity index (χ4v) is 6.97. The Balaban J connectivity index is 1.34. The summed E-state index contributed by atoms with van der Waals surface area (Å²) in [6.07, 6.45) is 0. The fraction of sp³-hybridized carbons (Fsp3) is 0. The van der Waals surface area contributed by atoms with E-state index in [1.54, 1.807) is 0 Å². The molecule has 0 saturated heterocycles. The van der Waals surface area contributed by atoms with Crippen LogP contribution in [0.2, 0.25) is 0 Å². The van der Waals surface area contributed by atoms with Gasteiger partial charge < -0.3 is 4.42 Å². The van der Waals surface area contributed by atoms with E-state index in [0.29, 0.717) is 17.5 Å². The molecule has 0 spiro atoms. The third kappa shape index (κ3) is 4.98. The maximum absolute atomic E-state index is 6.63. The summed E-state index contributed by atoms with van der Waals surface area (Å²) in [4.78, 5) is 15.3. The smallest absolute Gasteiger partial charge is 0.167 e. The van der Waals surface area contributed by atoms with Gasteiger partial charge in [-0.2, -0.15) is 0 Å². The molecule has 9 heteroatoms. The number of aromatic nitrogens is 3. The van der Waals surface area contributed by atoms with E-state index in [1.807, 2.05) is 48.5 Å². The third-order valence-corrected chi connectivity index (χ3v) is 9.93. The summed E-state index contributed by atoms with van der Waals surface area (Å²) < 4.78 is 6.63. The maximum Gasteiger partial charge on any atom is 0.167 e. The van der Waals surface area contributed by atoms with Gasteiger partial charge in [-0.25, -0.2) is 15.0 Å². The molecule has 0 fully saturated rings. The van der Waals surface area contributed by atoms with Crippen LogP contribution in [0.25, 0.3) is 78.4 Å². The first-order valence-electron chi connectivity index (χ1n) is 16.4. The predicted molar refractivity (Wildman–Crippen MR) is 215 cm³/mol. The lowest BCUT2D eigenvalue weighted by atomic mass is 9.59. The molecule has 2 aromatic heterocycles. The number of fused-ring (bicyclic) bond motifs is 3. The summed E-state index contributed by atoms with van der Waals surface area (Å²) in [6, 6.07) is 41.6. The SMILES string of the molecule is Bc1c(B)c(B)c(-c2cccc(-c3nc(-c4ccccc4)nc(-c4cccc5c4oc4cccc(-c6ccccc6)c45)n3)c2)c(B)c1B. The van der Waals surface area contributed by atoms with Gasteiger partial charge >= 0.3 is 0 Å². The molecule has 0 N–H and O–H groups in total. The first-order valence-corrected chi connectivity index (χ1v) is 16.4. The number of hydrogen-bond donors (Lipinski definition) is 0.